The summed E-state index contributed by atoms with van der Waals surface area (Å²) < 4.78 is 32.2. The lowest BCUT2D eigenvalue weighted by Gasteiger charge is -2.22. The van der Waals surface area contributed by atoms with Crippen LogP contribution in [0.3, 0.4) is 0 Å². The molecular formula is C17H26BrN3O6S. The highest BCUT2D eigenvalue weighted by Crippen LogP contribution is 2.20. The summed E-state index contributed by atoms with van der Waals surface area (Å²) in [6, 6.07) is 4.79. The largest absolute Gasteiger partial charge is 0.444 e. The van der Waals surface area contributed by atoms with Crippen LogP contribution in [0.2, 0.25) is 0 Å². The van der Waals surface area contributed by atoms with E-state index in [9.17, 15) is 23.3 Å². The smallest absolute Gasteiger partial charge is 0.407 e. The number of nitro groups is 1. The van der Waals surface area contributed by atoms with Crippen LogP contribution in [0.25, 0.3) is 0 Å². The number of benzene rings is 1. The number of nitro benzene ring substituents is 1. The molecule has 1 aromatic rings. The van der Waals surface area contributed by atoms with E-state index in [1.807, 2.05) is 0 Å². The van der Waals surface area contributed by atoms with Crippen molar-refractivity contribution in [3.8, 4) is 0 Å². The van der Waals surface area contributed by atoms with Crippen LogP contribution in [0.15, 0.2) is 29.2 Å². The second-order valence-corrected chi connectivity index (χ2v) is 9.71. The van der Waals surface area contributed by atoms with Crippen molar-refractivity contribution in [1.29, 1.82) is 0 Å². The maximum atomic E-state index is 12.9. The molecule has 0 radical (unpaired) electrons. The molecule has 0 heterocycles. The number of alkyl carbamates (subject to hydrolysis) is 1. The Balaban J connectivity index is 2.75. The molecule has 0 unspecified atom stereocenters. The third kappa shape index (κ3) is 8.11. The zero-order valence-corrected chi connectivity index (χ0v) is 18.6. The Morgan fingerprint density at radius 2 is 1.79 bits per heavy atom. The van der Waals surface area contributed by atoms with Crippen molar-refractivity contribution in [3.05, 3.63) is 34.4 Å². The first-order valence-electron chi connectivity index (χ1n) is 8.75. The standard InChI is InChI=1S/C17H26BrN3O6S/c1-17(2,3)27-16(22)19-11-5-13-20(12-4-10-18)28(25,26)15-8-6-14(7-9-15)21(23)24/h6-9H,4-5,10-13H2,1-3H3,(H,19,22). The van der Waals surface area contributed by atoms with Crippen molar-refractivity contribution in [2.24, 2.45) is 0 Å². The third-order valence-corrected chi connectivity index (χ3v) is 5.95. The lowest BCUT2D eigenvalue weighted by molar-refractivity contribution is -0.384. The van der Waals surface area contributed by atoms with Crippen LogP contribution in [-0.4, -0.2) is 54.3 Å². The average molecular weight is 480 g/mol. The van der Waals surface area contributed by atoms with Crippen LogP contribution in [0.5, 0.6) is 0 Å². The molecule has 0 aromatic heterocycles. The number of sulfonamides is 1. The first-order valence-corrected chi connectivity index (χ1v) is 11.3. The average Bonchev–Trinajstić information content (AvgIpc) is 2.59. The minimum atomic E-state index is -3.80. The first kappa shape index (κ1) is 24.3. The molecule has 0 aliphatic rings. The number of non-ortho nitro benzene ring substituents is 1. The number of halogens is 1. The van der Waals surface area contributed by atoms with Gasteiger partial charge in [0.2, 0.25) is 10.0 Å². The number of amides is 1. The van der Waals surface area contributed by atoms with Crippen molar-refractivity contribution in [2.75, 3.05) is 25.0 Å². The Labute approximate surface area is 173 Å². The van der Waals surface area contributed by atoms with E-state index in [4.69, 9.17) is 4.74 Å². The third-order valence-electron chi connectivity index (χ3n) is 3.48. The highest BCUT2D eigenvalue weighted by atomic mass is 79.9. The summed E-state index contributed by atoms with van der Waals surface area (Å²) >= 11 is 3.29. The lowest BCUT2D eigenvalue weighted by atomic mass is 10.2. The van der Waals surface area contributed by atoms with E-state index >= 15 is 0 Å². The maximum absolute atomic E-state index is 12.9. The van der Waals surface area contributed by atoms with Crippen LogP contribution in [0.4, 0.5) is 10.5 Å². The molecule has 28 heavy (non-hydrogen) atoms. The highest BCUT2D eigenvalue weighted by molar-refractivity contribution is 9.09. The Bertz CT molecular complexity index is 762. The molecule has 1 amide bonds. The quantitative estimate of drug-likeness (QED) is 0.238. The molecular weight excluding hydrogens is 454 g/mol. The van der Waals surface area contributed by atoms with Crippen molar-refractivity contribution in [2.45, 2.75) is 44.1 Å². The second kappa shape index (κ2) is 10.7. The summed E-state index contributed by atoms with van der Waals surface area (Å²) in [6.45, 7) is 6.01. The monoisotopic (exact) mass is 479 g/mol. The molecule has 158 valence electrons. The van der Waals surface area contributed by atoms with Crippen LogP contribution >= 0.6 is 15.9 Å². The predicted octanol–water partition coefficient (Wildman–Crippen LogP) is 3.29. The Hall–Kier alpha value is -1.72. The van der Waals surface area contributed by atoms with Crippen LogP contribution in [0, 0.1) is 10.1 Å². The van der Waals surface area contributed by atoms with Gasteiger partial charge in [-0.25, -0.2) is 13.2 Å². The molecule has 0 saturated heterocycles. The van der Waals surface area contributed by atoms with Crippen molar-refractivity contribution >= 4 is 37.7 Å². The van der Waals surface area contributed by atoms with Crippen LogP contribution < -0.4 is 5.32 Å². The van der Waals surface area contributed by atoms with Gasteiger partial charge in [0.1, 0.15) is 5.60 Å². The van der Waals surface area contributed by atoms with Gasteiger partial charge >= 0.3 is 6.09 Å². The van der Waals surface area contributed by atoms with Gasteiger partial charge in [-0.15, -0.1) is 0 Å². The lowest BCUT2D eigenvalue weighted by Crippen LogP contribution is -2.36. The molecule has 0 fully saturated rings. The Morgan fingerprint density at radius 3 is 2.29 bits per heavy atom. The van der Waals surface area contributed by atoms with E-state index in [1.165, 1.54) is 28.6 Å². The van der Waals surface area contributed by atoms with Gasteiger partial charge in [0.15, 0.2) is 0 Å². The van der Waals surface area contributed by atoms with Crippen molar-refractivity contribution in [3.63, 3.8) is 0 Å². The fraction of sp³-hybridized carbons (Fsp3) is 0.588. The maximum Gasteiger partial charge on any atom is 0.407 e. The molecule has 9 nitrogen and oxygen atoms in total. The number of hydrogen-bond acceptors (Lipinski definition) is 6. The Morgan fingerprint density at radius 1 is 1.21 bits per heavy atom. The number of hydrogen-bond donors (Lipinski definition) is 1. The van der Waals surface area contributed by atoms with Gasteiger partial charge < -0.3 is 10.1 Å². The van der Waals surface area contributed by atoms with Crippen LogP contribution in [-0.2, 0) is 14.8 Å². The molecule has 0 saturated carbocycles. The summed E-state index contributed by atoms with van der Waals surface area (Å²) in [5, 5.41) is 14.0. The van der Waals surface area contributed by atoms with E-state index in [0.29, 0.717) is 18.2 Å². The molecule has 0 aliphatic heterocycles. The van der Waals surface area contributed by atoms with Gasteiger partial charge in [0.05, 0.1) is 9.82 Å². The first-order chi connectivity index (χ1) is 13.0. The van der Waals surface area contributed by atoms with Gasteiger partial charge in [-0.05, 0) is 45.7 Å². The summed E-state index contributed by atoms with van der Waals surface area (Å²) in [4.78, 5) is 21.8. The number of ether oxygens (including phenoxy) is 1. The summed E-state index contributed by atoms with van der Waals surface area (Å²) in [5.41, 5.74) is -0.779. The number of carbonyl (C=O) groups excluding carboxylic acids is 1. The molecule has 1 aromatic carbocycles. The SMILES string of the molecule is CC(C)(C)OC(=O)NCCCN(CCCBr)S(=O)(=O)c1ccc([N+](=O)[O-])cc1. The predicted molar refractivity (Wildman–Crippen MR) is 109 cm³/mol. The molecule has 0 atom stereocenters. The minimum absolute atomic E-state index is 0.00669. The number of carbonyl (C=O) groups is 1. The van der Waals surface area contributed by atoms with E-state index in [0.717, 1.165) is 0 Å². The van der Waals surface area contributed by atoms with Gasteiger partial charge in [0, 0.05) is 37.1 Å². The summed E-state index contributed by atoms with van der Waals surface area (Å²) in [7, 11) is -3.80. The minimum Gasteiger partial charge on any atom is -0.444 e. The number of nitrogens with zero attached hydrogens (tertiary/aromatic N) is 2. The van der Waals surface area contributed by atoms with Gasteiger partial charge in [-0.3, -0.25) is 10.1 Å². The van der Waals surface area contributed by atoms with E-state index in [-0.39, 0.29) is 30.2 Å². The highest BCUT2D eigenvalue weighted by Gasteiger charge is 2.24. The number of rotatable bonds is 10. The van der Waals surface area contributed by atoms with E-state index < -0.39 is 26.6 Å². The molecule has 1 N–H and O–H groups in total. The van der Waals surface area contributed by atoms with E-state index in [2.05, 4.69) is 21.2 Å². The van der Waals surface area contributed by atoms with Crippen LogP contribution in [0.1, 0.15) is 33.6 Å². The summed E-state index contributed by atoms with van der Waals surface area (Å²) in [5.74, 6) is 0. The Kier molecular flexibility index (Phi) is 9.31. The fourth-order valence-corrected chi connectivity index (χ4v) is 4.01. The fourth-order valence-electron chi connectivity index (χ4n) is 2.24. The van der Waals surface area contributed by atoms with Gasteiger partial charge in [0.25, 0.3) is 5.69 Å². The summed E-state index contributed by atoms with van der Waals surface area (Å²) in [6.07, 6.45) is 0.442. The normalized spacial score (nSPS) is 12.0. The second-order valence-electron chi connectivity index (χ2n) is 6.98. The molecule has 0 aliphatic carbocycles. The van der Waals surface area contributed by atoms with Gasteiger partial charge in [-0.1, -0.05) is 15.9 Å². The zero-order valence-electron chi connectivity index (χ0n) is 16.2. The molecule has 0 spiro atoms. The zero-order chi connectivity index (χ0) is 21.4. The molecule has 1 rings (SSSR count). The number of nitrogens with one attached hydrogen (secondary N) is 1. The van der Waals surface area contributed by atoms with E-state index in [1.54, 1.807) is 20.8 Å². The molecule has 11 heteroatoms. The molecule has 0 bridgehead atoms. The number of alkyl halides is 1. The van der Waals surface area contributed by atoms with Crippen molar-refractivity contribution in [1.82, 2.24) is 9.62 Å². The van der Waals surface area contributed by atoms with Crippen molar-refractivity contribution < 1.29 is 22.9 Å². The van der Waals surface area contributed by atoms with Gasteiger partial charge in [-0.2, -0.15) is 4.31 Å². The topological polar surface area (TPSA) is 119 Å².